The zero-order valence-electron chi connectivity index (χ0n) is 18.7. The van der Waals surface area contributed by atoms with Crippen LogP contribution in [0.15, 0.2) is 30.3 Å². The van der Waals surface area contributed by atoms with Gasteiger partial charge in [0.05, 0.1) is 29.4 Å². The maximum atomic E-state index is 5.95. The molecule has 3 unspecified atom stereocenters. The van der Waals surface area contributed by atoms with Gasteiger partial charge in [-0.25, -0.2) is 19.9 Å². The van der Waals surface area contributed by atoms with E-state index in [0.29, 0.717) is 11.8 Å². The maximum absolute atomic E-state index is 5.95. The van der Waals surface area contributed by atoms with Gasteiger partial charge in [0.1, 0.15) is 23.3 Å². The Morgan fingerprint density at radius 1 is 1.00 bits per heavy atom. The number of nitrogens with zero attached hydrogens (tertiary/aromatic N) is 7. The predicted molar refractivity (Wildman–Crippen MR) is 120 cm³/mol. The molecule has 4 heterocycles. The second kappa shape index (κ2) is 7.48. The van der Waals surface area contributed by atoms with Crippen LogP contribution in [0.5, 0.6) is 0 Å². The lowest BCUT2D eigenvalue weighted by Crippen LogP contribution is -2.17. The van der Waals surface area contributed by atoms with E-state index in [4.69, 9.17) is 14.7 Å². The number of aromatic nitrogens is 7. The van der Waals surface area contributed by atoms with Crippen LogP contribution >= 0.6 is 0 Å². The van der Waals surface area contributed by atoms with Crippen LogP contribution in [0.4, 0.5) is 0 Å². The zero-order valence-corrected chi connectivity index (χ0v) is 18.7. The summed E-state index contributed by atoms with van der Waals surface area (Å²) in [5.41, 5.74) is 3.30. The van der Waals surface area contributed by atoms with Gasteiger partial charge in [-0.1, -0.05) is 12.1 Å². The van der Waals surface area contributed by atoms with Gasteiger partial charge in [-0.05, 0) is 52.2 Å². The van der Waals surface area contributed by atoms with Gasteiger partial charge >= 0.3 is 0 Å². The number of fused-ring (bicyclic) bond motifs is 1. The van der Waals surface area contributed by atoms with Crippen molar-refractivity contribution in [3.63, 3.8) is 0 Å². The molecule has 8 heteroatoms. The number of rotatable bonds is 5. The van der Waals surface area contributed by atoms with Crippen molar-refractivity contribution in [2.24, 2.45) is 0 Å². The monoisotopic (exact) mass is 429 g/mol. The molecule has 6 rings (SSSR count). The molecular formula is C24H27N7O. The van der Waals surface area contributed by atoms with Crippen molar-refractivity contribution >= 4 is 11.0 Å². The van der Waals surface area contributed by atoms with Crippen LogP contribution in [0.25, 0.3) is 16.9 Å². The first kappa shape index (κ1) is 19.5. The molecule has 8 nitrogen and oxygen atoms in total. The fourth-order valence-electron chi connectivity index (χ4n) is 4.98. The van der Waals surface area contributed by atoms with Gasteiger partial charge in [0.2, 0.25) is 0 Å². The number of hydrogen-bond acceptors (Lipinski definition) is 6. The van der Waals surface area contributed by atoms with Crippen molar-refractivity contribution in [2.45, 2.75) is 64.5 Å². The quantitative estimate of drug-likeness (QED) is 0.480. The fraction of sp³-hybridized carbons (Fsp3) is 0.458. The van der Waals surface area contributed by atoms with Crippen LogP contribution in [0.2, 0.25) is 0 Å². The molecule has 1 aromatic carbocycles. The number of para-hydroxylation sites is 2. The maximum Gasteiger partial charge on any atom is 0.159 e. The molecule has 0 N–H and O–H groups in total. The SMILES string of the molecule is Cc1nc(C2CC2c2nc3ccccc3n2CC2CCCO2)cc(-n2nc(C)nc2C)n1. The summed E-state index contributed by atoms with van der Waals surface area (Å²) in [6.45, 7) is 7.52. The Kier molecular flexibility index (Phi) is 4.57. The molecule has 3 atom stereocenters. The number of benzene rings is 1. The van der Waals surface area contributed by atoms with Gasteiger partial charge in [0.25, 0.3) is 0 Å². The minimum Gasteiger partial charge on any atom is -0.376 e. The Morgan fingerprint density at radius 3 is 2.66 bits per heavy atom. The molecule has 1 saturated heterocycles. The molecule has 32 heavy (non-hydrogen) atoms. The Balaban J connectivity index is 1.35. The number of aryl methyl sites for hydroxylation is 3. The molecule has 0 amide bonds. The Labute approximate surface area is 186 Å². The minimum absolute atomic E-state index is 0.273. The van der Waals surface area contributed by atoms with Crippen LogP contribution in [0, 0.1) is 20.8 Å². The van der Waals surface area contributed by atoms with E-state index in [1.54, 1.807) is 4.68 Å². The van der Waals surface area contributed by atoms with Gasteiger partial charge in [-0.2, -0.15) is 4.68 Å². The average Bonchev–Trinajstić information content (AvgIpc) is 3.06. The van der Waals surface area contributed by atoms with Crippen LogP contribution in [0.3, 0.4) is 0 Å². The molecule has 1 aliphatic carbocycles. The Hall–Kier alpha value is -3.13. The highest BCUT2D eigenvalue weighted by atomic mass is 16.5. The third-order valence-electron chi connectivity index (χ3n) is 6.53. The fourth-order valence-corrected chi connectivity index (χ4v) is 4.98. The first-order chi connectivity index (χ1) is 15.6. The van der Waals surface area contributed by atoms with E-state index >= 15 is 0 Å². The smallest absolute Gasteiger partial charge is 0.159 e. The summed E-state index contributed by atoms with van der Waals surface area (Å²) >= 11 is 0. The normalized spacial score (nSPS) is 22.7. The summed E-state index contributed by atoms with van der Waals surface area (Å²) in [6, 6.07) is 10.5. The highest BCUT2D eigenvalue weighted by molar-refractivity contribution is 5.76. The lowest BCUT2D eigenvalue weighted by Gasteiger charge is -2.14. The second-order valence-corrected chi connectivity index (χ2v) is 8.97. The average molecular weight is 430 g/mol. The summed E-state index contributed by atoms with van der Waals surface area (Å²) in [5, 5.41) is 4.50. The molecule has 164 valence electrons. The van der Waals surface area contributed by atoms with Gasteiger partial charge in [0, 0.05) is 24.5 Å². The van der Waals surface area contributed by atoms with Crippen molar-refractivity contribution < 1.29 is 4.74 Å². The van der Waals surface area contributed by atoms with Crippen LogP contribution < -0.4 is 0 Å². The van der Waals surface area contributed by atoms with Gasteiger partial charge in [0.15, 0.2) is 5.82 Å². The standard InChI is InChI=1S/C24H27N7O/c1-14-26-21(12-23(27-14)31-16(3)25-15(2)29-31)18-11-19(18)24-28-20-8-4-5-9-22(20)30(24)13-17-7-6-10-32-17/h4-5,8-9,12,17-19H,6-7,10-11,13H2,1-3H3. The lowest BCUT2D eigenvalue weighted by molar-refractivity contribution is 0.0972. The molecule has 0 radical (unpaired) electrons. The number of imidazole rings is 1. The van der Waals surface area contributed by atoms with Crippen LogP contribution in [-0.4, -0.2) is 47.0 Å². The Bertz CT molecular complexity index is 1300. The molecule has 0 bridgehead atoms. The summed E-state index contributed by atoms with van der Waals surface area (Å²) in [4.78, 5) is 18.9. The van der Waals surface area contributed by atoms with E-state index in [0.717, 1.165) is 72.7 Å². The van der Waals surface area contributed by atoms with Crippen molar-refractivity contribution in [2.75, 3.05) is 6.61 Å². The third kappa shape index (κ3) is 3.39. The summed E-state index contributed by atoms with van der Waals surface area (Å²) in [6.07, 6.45) is 3.57. The van der Waals surface area contributed by atoms with E-state index in [-0.39, 0.29) is 6.10 Å². The number of ether oxygens (including phenoxy) is 1. The lowest BCUT2D eigenvalue weighted by atomic mass is 10.2. The van der Waals surface area contributed by atoms with Crippen molar-refractivity contribution in [3.05, 3.63) is 59.3 Å². The van der Waals surface area contributed by atoms with Crippen molar-refractivity contribution in [1.29, 1.82) is 0 Å². The first-order valence-corrected chi connectivity index (χ1v) is 11.4. The third-order valence-corrected chi connectivity index (χ3v) is 6.53. The van der Waals surface area contributed by atoms with E-state index in [1.165, 1.54) is 5.52 Å². The summed E-state index contributed by atoms with van der Waals surface area (Å²) < 4.78 is 10.1. The van der Waals surface area contributed by atoms with E-state index in [1.807, 2.05) is 20.8 Å². The molecule has 1 aliphatic heterocycles. The largest absolute Gasteiger partial charge is 0.376 e. The van der Waals surface area contributed by atoms with Gasteiger partial charge in [-0.3, -0.25) is 0 Å². The number of hydrogen-bond donors (Lipinski definition) is 0. The topological polar surface area (TPSA) is 83.5 Å². The second-order valence-electron chi connectivity index (χ2n) is 8.97. The molecule has 2 aliphatic rings. The first-order valence-electron chi connectivity index (χ1n) is 11.4. The Morgan fingerprint density at radius 2 is 1.88 bits per heavy atom. The predicted octanol–water partition coefficient (Wildman–Crippen LogP) is 3.78. The molecule has 0 spiro atoms. The van der Waals surface area contributed by atoms with Crippen molar-refractivity contribution in [3.8, 4) is 5.82 Å². The minimum atomic E-state index is 0.273. The van der Waals surface area contributed by atoms with E-state index in [2.05, 4.69) is 50.0 Å². The summed E-state index contributed by atoms with van der Waals surface area (Å²) in [5.74, 6) is 4.94. The molecule has 1 saturated carbocycles. The highest BCUT2D eigenvalue weighted by Gasteiger charge is 2.44. The molecule has 4 aromatic rings. The van der Waals surface area contributed by atoms with Crippen LogP contribution in [0.1, 0.15) is 60.1 Å². The van der Waals surface area contributed by atoms with Crippen molar-refractivity contribution in [1.82, 2.24) is 34.3 Å². The molecule has 2 fully saturated rings. The van der Waals surface area contributed by atoms with Gasteiger partial charge in [-0.15, -0.1) is 5.10 Å². The summed E-state index contributed by atoms with van der Waals surface area (Å²) in [7, 11) is 0. The molecule has 3 aromatic heterocycles. The van der Waals surface area contributed by atoms with Gasteiger partial charge < -0.3 is 9.30 Å². The highest BCUT2D eigenvalue weighted by Crippen LogP contribution is 2.54. The molecular weight excluding hydrogens is 402 g/mol. The zero-order chi connectivity index (χ0) is 21.8. The van der Waals surface area contributed by atoms with E-state index < -0.39 is 0 Å². The van der Waals surface area contributed by atoms with E-state index in [9.17, 15) is 0 Å². The van der Waals surface area contributed by atoms with Crippen LogP contribution in [-0.2, 0) is 11.3 Å².